The number of halogens is 2. The molecule has 164 valence electrons. The third kappa shape index (κ3) is 5.09. The van der Waals surface area contributed by atoms with Crippen LogP contribution in [0.3, 0.4) is 0 Å². The molecule has 0 radical (unpaired) electrons. The summed E-state index contributed by atoms with van der Waals surface area (Å²) in [5.41, 5.74) is -0.0238. The van der Waals surface area contributed by atoms with Gasteiger partial charge in [-0.3, -0.25) is 14.4 Å². The van der Waals surface area contributed by atoms with Gasteiger partial charge in [-0.1, -0.05) is 44.0 Å². The smallest absolute Gasteiger partial charge is 0.255 e. The molecule has 0 spiro atoms. The van der Waals surface area contributed by atoms with Crippen molar-refractivity contribution in [1.29, 1.82) is 0 Å². The lowest BCUT2D eigenvalue weighted by Gasteiger charge is -2.40. The quantitative estimate of drug-likeness (QED) is 0.687. The molecule has 2 fully saturated rings. The SMILES string of the molecule is CC(C)(C)C(=O)N1CCCC(C(=O)N2CCN(C(=O)c3ccc(Cl)cc3Cl)CC2)C1. The molecule has 1 aromatic carbocycles. The first-order chi connectivity index (χ1) is 14.1. The highest BCUT2D eigenvalue weighted by molar-refractivity contribution is 6.36. The Morgan fingerprint density at radius 2 is 1.57 bits per heavy atom. The largest absolute Gasteiger partial charge is 0.341 e. The van der Waals surface area contributed by atoms with Crippen LogP contribution in [-0.2, 0) is 9.59 Å². The summed E-state index contributed by atoms with van der Waals surface area (Å²) in [6, 6.07) is 4.84. The molecule has 2 saturated heterocycles. The molecule has 1 aromatic rings. The maximum atomic E-state index is 13.1. The van der Waals surface area contributed by atoms with Gasteiger partial charge in [-0.05, 0) is 31.0 Å². The Morgan fingerprint density at radius 1 is 0.933 bits per heavy atom. The van der Waals surface area contributed by atoms with E-state index in [1.54, 1.807) is 23.1 Å². The van der Waals surface area contributed by atoms with Crippen LogP contribution in [0.2, 0.25) is 10.0 Å². The fraction of sp³-hybridized carbons (Fsp3) is 0.591. The molecular formula is C22H29Cl2N3O3. The van der Waals surface area contributed by atoms with Crippen LogP contribution in [0.25, 0.3) is 0 Å². The fourth-order valence-corrected chi connectivity index (χ4v) is 4.55. The number of nitrogens with zero attached hydrogens (tertiary/aromatic N) is 3. The number of piperidine rings is 1. The Labute approximate surface area is 188 Å². The molecular weight excluding hydrogens is 425 g/mol. The van der Waals surface area contributed by atoms with E-state index in [1.165, 1.54) is 0 Å². The molecule has 0 N–H and O–H groups in total. The Balaban J connectivity index is 1.57. The summed E-state index contributed by atoms with van der Waals surface area (Å²) >= 11 is 12.1. The Morgan fingerprint density at radius 3 is 2.17 bits per heavy atom. The number of hydrogen-bond acceptors (Lipinski definition) is 3. The molecule has 1 unspecified atom stereocenters. The lowest BCUT2D eigenvalue weighted by atomic mass is 9.90. The summed E-state index contributed by atoms with van der Waals surface area (Å²) in [4.78, 5) is 43.8. The van der Waals surface area contributed by atoms with Gasteiger partial charge in [0.1, 0.15) is 0 Å². The molecule has 8 heteroatoms. The average Bonchev–Trinajstić information content (AvgIpc) is 2.72. The number of piperazine rings is 1. The second-order valence-electron chi connectivity index (χ2n) is 9.08. The molecule has 0 saturated carbocycles. The van der Waals surface area contributed by atoms with Crippen LogP contribution in [0.15, 0.2) is 18.2 Å². The predicted molar refractivity (Wildman–Crippen MR) is 118 cm³/mol. The minimum Gasteiger partial charge on any atom is -0.341 e. The number of carbonyl (C=O) groups excluding carboxylic acids is 3. The van der Waals surface area contributed by atoms with E-state index in [9.17, 15) is 14.4 Å². The molecule has 0 aromatic heterocycles. The van der Waals surface area contributed by atoms with Crippen LogP contribution in [-0.4, -0.2) is 71.7 Å². The van der Waals surface area contributed by atoms with Crippen LogP contribution in [0, 0.1) is 11.3 Å². The summed E-state index contributed by atoms with van der Waals surface area (Å²) in [5.74, 6) is -0.144. The zero-order chi connectivity index (χ0) is 22.1. The summed E-state index contributed by atoms with van der Waals surface area (Å²) in [7, 11) is 0. The van der Waals surface area contributed by atoms with E-state index < -0.39 is 5.41 Å². The van der Waals surface area contributed by atoms with E-state index in [0.717, 1.165) is 12.8 Å². The van der Waals surface area contributed by atoms with Gasteiger partial charge in [0.25, 0.3) is 5.91 Å². The summed E-state index contributed by atoms with van der Waals surface area (Å²) in [5, 5.41) is 0.815. The molecule has 1 atom stereocenters. The molecule has 30 heavy (non-hydrogen) atoms. The minimum absolute atomic E-state index is 0.0815. The highest BCUT2D eigenvalue weighted by atomic mass is 35.5. The monoisotopic (exact) mass is 453 g/mol. The molecule has 2 aliphatic heterocycles. The van der Waals surface area contributed by atoms with E-state index in [4.69, 9.17) is 23.2 Å². The number of benzene rings is 1. The number of amides is 3. The topological polar surface area (TPSA) is 60.9 Å². The third-order valence-corrected chi connectivity index (χ3v) is 6.29. The molecule has 2 aliphatic rings. The average molecular weight is 454 g/mol. The predicted octanol–water partition coefficient (Wildman–Crippen LogP) is 3.56. The van der Waals surface area contributed by atoms with Gasteiger partial charge in [0.15, 0.2) is 0 Å². The number of rotatable bonds is 2. The fourth-order valence-electron chi connectivity index (χ4n) is 4.06. The van der Waals surface area contributed by atoms with Crippen molar-refractivity contribution in [1.82, 2.24) is 14.7 Å². The first-order valence-corrected chi connectivity index (χ1v) is 11.2. The lowest BCUT2D eigenvalue weighted by molar-refractivity contribution is -0.146. The number of hydrogen-bond donors (Lipinski definition) is 0. The zero-order valence-electron chi connectivity index (χ0n) is 17.8. The zero-order valence-corrected chi connectivity index (χ0v) is 19.3. The Bertz CT molecular complexity index is 829. The lowest BCUT2D eigenvalue weighted by Crippen LogP contribution is -2.54. The van der Waals surface area contributed by atoms with Gasteiger partial charge < -0.3 is 14.7 Å². The molecule has 2 heterocycles. The van der Waals surface area contributed by atoms with Gasteiger partial charge >= 0.3 is 0 Å². The van der Waals surface area contributed by atoms with Gasteiger partial charge in [0.2, 0.25) is 11.8 Å². The van der Waals surface area contributed by atoms with Gasteiger partial charge in [0.05, 0.1) is 16.5 Å². The third-order valence-electron chi connectivity index (χ3n) is 5.74. The van der Waals surface area contributed by atoms with Crippen molar-refractivity contribution < 1.29 is 14.4 Å². The van der Waals surface area contributed by atoms with Crippen molar-refractivity contribution in [2.24, 2.45) is 11.3 Å². The Hall–Kier alpha value is -1.79. The second-order valence-corrected chi connectivity index (χ2v) is 9.93. The van der Waals surface area contributed by atoms with Gasteiger partial charge in [-0.25, -0.2) is 0 Å². The maximum absolute atomic E-state index is 13.1. The normalized spacial score (nSPS) is 20.3. The van der Waals surface area contributed by atoms with Crippen molar-refractivity contribution in [2.45, 2.75) is 33.6 Å². The van der Waals surface area contributed by atoms with E-state index in [-0.39, 0.29) is 23.6 Å². The van der Waals surface area contributed by atoms with Gasteiger partial charge in [-0.2, -0.15) is 0 Å². The maximum Gasteiger partial charge on any atom is 0.255 e. The van der Waals surface area contributed by atoms with Crippen molar-refractivity contribution in [3.63, 3.8) is 0 Å². The van der Waals surface area contributed by atoms with Crippen LogP contribution in [0.4, 0.5) is 0 Å². The van der Waals surface area contributed by atoms with Crippen molar-refractivity contribution in [3.8, 4) is 0 Å². The van der Waals surface area contributed by atoms with E-state index in [2.05, 4.69) is 0 Å². The Kier molecular flexibility index (Phi) is 6.98. The van der Waals surface area contributed by atoms with Crippen molar-refractivity contribution in [3.05, 3.63) is 33.8 Å². The summed E-state index contributed by atoms with van der Waals surface area (Å²) < 4.78 is 0. The molecule has 0 bridgehead atoms. The highest BCUT2D eigenvalue weighted by Crippen LogP contribution is 2.26. The minimum atomic E-state index is -0.445. The van der Waals surface area contributed by atoms with Crippen molar-refractivity contribution >= 4 is 40.9 Å². The second kappa shape index (κ2) is 9.15. The summed E-state index contributed by atoms with van der Waals surface area (Å²) in [6.07, 6.45) is 1.64. The van der Waals surface area contributed by atoms with E-state index >= 15 is 0 Å². The molecule has 0 aliphatic carbocycles. The van der Waals surface area contributed by atoms with Crippen LogP contribution in [0.1, 0.15) is 44.0 Å². The number of carbonyl (C=O) groups is 3. The summed E-state index contributed by atoms with van der Waals surface area (Å²) in [6.45, 7) is 8.80. The number of likely N-dealkylation sites (tertiary alicyclic amines) is 1. The van der Waals surface area contributed by atoms with Crippen LogP contribution < -0.4 is 0 Å². The van der Waals surface area contributed by atoms with E-state index in [1.807, 2.05) is 30.6 Å². The van der Waals surface area contributed by atoms with Gasteiger partial charge in [-0.15, -0.1) is 0 Å². The molecule has 3 rings (SSSR count). The van der Waals surface area contributed by atoms with Crippen LogP contribution >= 0.6 is 23.2 Å². The van der Waals surface area contributed by atoms with E-state index in [0.29, 0.717) is 54.9 Å². The highest BCUT2D eigenvalue weighted by Gasteiger charge is 2.36. The van der Waals surface area contributed by atoms with Gasteiger partial charge in [0, 0.05) is 49.7 Å². The standard InChI is InChI=1S/C22H29Cl2N3O3/c1-22(2,3)21(30)27-8-4-5-15(14-27)19(28)25-9-11-26(12-10-25)20(29)17-7-6-16(23)13-18(17)24/h6-7,13,15H,4-5,8-12,14H2,1-3H3. The molecule has 6 nitrogen and oxygen atoms in total. The molecule has 3 amide bonds. The van der Waals surface area contributed by atoms with Crippen molar-refractivity contribution in [2.75, 3.05) is 39.3 Å². The first-order valence-electron chi connectivity index (χ1n) is 10.4. The first kappa shape index (κ1) is 22.9. The van der Waals surface area contributed by atoms with Crippen LogP contribution in [0.5, 0.6) is 0 Å².